The molecular formula is C39H74N10O3. The van der Waals surface area contributed by atoms with Crippen LogP contribution in [0.1, 0.15) is 46.1 Å². The van der Waals surface area contributed by atoms with Crippen LogP contribution in [0.2, 0.25) is 0 Å². The van der Waals surface area contributed by atoms with Gasteiger partial charge in [0.25, 0.3) is 0 Å². The van der Waals surface area contributed by atoms with Crippen molar-refractivity contribution in [1.29, 1.82) is 0 Å². The molecule has 7 heterocycles. The van der Waals surface area contributed by atoms with E-state index in [1.165, 1.54) is 50.3 Å². The van der Waals surface area contributed by atoms with Crippen LogP contribution < -0.4 is 42.2 Å². The quantitative estimate of drug-likeness (QED) is 0.212. The molecule has 0 saturated carbocycles. The van der Waals surface area contributed by atoms with Gasteiger partial charge < -0.3 is 56.0 Å². The number of fused-ring (bicyclic) bond motifs is 1. The van der Waals surface area contributed by atoms with E-state index in [2.05, 4.69) is 105 Å². The van der Waals surface area contributed by atoms with Crippen LogP contribution in [0.3, 0.4) is 0 Å². The van der Waals surface area contributed by atoms with Crippen molar-refractivity contribution in [3.8, 4) is 5.75 Å². The molecule has 4 fully saturated rings. The van der Waals surface area contributed by atoms with Gasteiger partial charge in [-0.1, -0.05) is 13.0 Å². The molecule has 4 saturated heterocycles. The first-order valence-electron chi connectivity index (χ1n) is 19.5. The topological polar surface area (TPSA) is 131 Å². The molecule has 13 nitrogen and oxygen atoms in total. The zero-order chi connectivity index (χ0) is 37.7. The van der Waals surface area contributed by atoms with Gasteiger partial charge in [-0.2, -0.15) is 0 Å². The van der Waals surface area contributed by atoms with Crippen molar-refractivity contribution in [2.75, 3.05) is 131 Å². The van der Waals surface area contributed by atoms with Gasteiger partial charge in [-0.15, -0.1) is 0 Å². The molecule has 0 radical (unpaired) electrons. The van der Waals surface area contributed by atoms with Crippen molar-refractivity contribution in [2.24, 2.45) is 10.9 Å². The third-order valence-corrected chi connectivity index (χ3v) is 8.77. The molecular weight excluding hydrogens is 656 g/mol. The van der Waals surface area contributed by atoms with Crippen LogP contribution >= 0.6 is 0 Å². The van der Waals surface area contributed by atoms with Crippen LogP contribution in [0.25, 0.3) is 0 Å². The van der Waals surface area contributed by atoms with E-state index in [4.69, 9.17) is 14.2 Å². The lowest BCUT2D eigenvalue weighted by Gasteiger charge is -2.21. The highest BCUT2D eigenvalue weighted by molar-refractivity contribution is 5.81. The predicted octanol–water partition coefficient (Wildman–Crippen LogP) is 2.79. The SMILES string of the molecule is CC1=CCNN1.CC1=NCC=CN1.CC1CCNCC1.CC1CNCCO1.CN1CCNCC1.CN1CCOCC1.Cc1ccc2c(c1)NCCO2. The number of hydrogen-bond donors (Lipinski definition) is 7. The standard InChI is InChI=1S/C9H11NO.C6H13N.C5H12N2.C5H8N2.2C5H11NO.C4H8N2/c1-7-2-3-9-8(6-7)10-4-5-11-9;1-6-2-4-7-5-3-6;1-7-4-2-6-3-5-7;1-5-6-3-2-4-7-5;1-6-2-4-7-5-3-6;1-5-4-6-2-3-7-5;1-4-2-3-5-6-4/h2-3,6,10H,4-5H2,1H3;6-7H,2-5H2,1H3;6H,2-5H2,1H3;2-3H,4H2,1H3,(H,6,7);2-5H2,1H3;5-6H,2-4H2,1H3;2,5-6H,3H2,1H3. The maximum atomic E-state index is 5.42. The average Bonchev–Trinajstić information content (AvgIpc) is 3.66. The number of morpholine rings is 2. The molecule has 0 spiro atoms. The molecule has 1 unspecified atom stereocenters. The Morgan fingerprint density at radius 3 is 1.90 bits per heavy atom. The number of benzene rings is 1. The number of anilines is 1. The molecule has 1 aromatic carbocycles. The van der Waals surface area contributed by atoms with Crippen molar-refractivity contribution in [3.05, 3.63) is 47.8 Å². The van der Waals surface area contributed by atoms with Crippen molar-refractivity contribution in [2.45, 2.75) is 53.6 Å². The van der Waals surface area contributed by atoms with Crippen LogP contribution in [0.15, 0.2) is 47.2 Å². The number of likely N-dealkylation sites (N-methyl/N-ethyl adjacent to an activating group) is 2. The molecule has 0 amide bonds. The largest absolute Gasteiger partial charge is 0.490 e. The van der Waals surface area contributed by atoms with E-state index in [1.54, 1.807) is 0 Å². The summed E-state index contributed by atoms with van der Waals surface area (Å²) >= 11 is 0. The van der Waals surface area contributed by atoms with Crippen LogP contribution in [-0.2, 0) is 9.47 Å². The molecule has 0 aliphatic carbocycles. The summed E-state index contributed by atoms with van der Waals surface area (Å²) in [5.41, 5.74) is 9.46. The lowest BCUT2D eigenvalue weighted by Crippen LogP contribution is -2.40. The van der Waals surface area contributed by atoms with Gasteiger partial charge in [0.2, 0.25) is 0 Å². The van der Waals surface area contributed by atoms with Crippen LogP contribution in [-0.4, -0.2) is 147 Å². The highest BCUT2D eigenvalue weighted by atomic mass is 16.5. The predicted molar refractivity (Wildman–Crippen MR) is 219 cm³/mol. The average molecular weight is 731 g/mol. The molecule has 7 aliphatic rings. The summed E-state index contributed by atoms with van der Waals surface area (Å²) in [5, 5.41) is 16.0. The molecule has 1 atom stereocenters. The zero-order valence-electron chi connectivity index (χ0n) is 33.6. The molecule has 0 aromatic heterocycles. The fourth-order valence-electron chi connectivity index (χ4n) is 5.26. The van der Waals surface area contributed by atoms with E-state index in [1.807, 2.05) is 32.2 Å². The van der Waals surface area contributed by atoms with Crippen molar-refractivity contribution < 1.29 is 14.2 Å². The number of rotatable bonds is 0. The molecule has 52 heavy (non-hydrogen) atoms. The van der Waals surface area contributed by atoms with Crippen molar-refractivity contribution in [3.63, 3.8) is 0 Å². The monoisotopic (exact) mass is 731 g/mol. The van der Waals surface area contributed by atoms with E-state index >= 15 is 0 Å². The maximum Gasteiger partial charge on any atom is 0.142 e. The number of amidine groups is 1. The van der Waals surface area contributed by atoms with Gasteiger partial charge in [0.15, 0.2) is 0 Å². The molecule has 13 heteroatoms. The van der Waals surface area contributed by atoms with Gasteiger partial charge in [-0.3, -0.25) is 4.99 Å². The van der Waals surface area contributed by atoms with E-state index in [-0.39, 0.29) is 0 Å². The smallest absolute Gasteiger partial charge is 0.142 e. The second-order valence-electron chi connectivity index (χ2n) is 13.9. The number of aryl methyl sites for hydroxylation is 1. The lowest BCUT2D eigenvalue weighted by atomic mass is 10.0. The summed E-state index contributed by atoms with van der Waals surface area (Å²) in [7, 11) is 4.27. The Labute approximate surface area is 316 Å². The molecule has 298 valence electrons. The van der Waals surface area contributed by atoms with E-state index in [0.29, 0.717) is 6.10 Å². The van der Waals surface area contributed by atoms with Crippen molar-refractivity contribution in [1.82, 2.24) is 41.9 Å². The van der Waals surface area contributed by atoms with Crippen LogP contribution in [0.5, 0.6) is 5.75 Å². The van der Waals surface area contributed by atoms with E-state index in [9.17, 15) is 0 Å². The summed E-state index contributed by atoms with van der Waals surface area (Å²) in [4.78, 5) is 8.65. The van der Waals surface area contributed by atoms with Gasteiger partial charge in [0.1, 0.15) is 12.4 Å². The van der Waals surface area contributed by atoms with Gasteiger partial charge in [0.05, 0.1) is 44.0 Å². The minimum atomic E-state index is 0.425. The number of hydrazine groups is 1. The summed E-state index contributed by atoms with van der Waals surface area (Å²) in [6.07, 6.45) is 9.16. The molecule has 1 aromatic rings. The Morgan fingerprint density at radius 1 is 0.788 bits per heavy atom. The maximum absolute atomic E-state index is 5.42. The Bertz CT molecular complexity index is 1050. The van der Waals surface area contributed by atoms with Crippen LogP contribution in [0, 0.1) is 12.8 Å². The Morgan fingerprint density at radius 2 is 1.50 bits per heavy atom. The molecule has 0 bridgehead atoms. The number of hydrogen-bond acceptors (Lipinski definition) is 13. The second-order valence-corrected chi connectivity index (χ2v) is 13.9. The zero-order valence-corrected chi connectivity index (χ0v) is 33.6. The third-order valence-electron chi connectivity index (χ3n) is 8.77. The number of ether oxygens (including phenoxy) is 3. The number of allylic oxidation sites excluding steroid dienone is 1. The number of piperazine rings is 1. The molecule has 8 rings (SSSR count). The number of nitrogens with one attached hydrogen (secondary N) is 7. The fourth-order valence-corrected chi connectivity index (χ4v) is 5.26. The first-order valence-corrected chi connectivity index (χ1v) is 19.5. The normalized spacial score (nSPS) is 22.5. The molecule has 7 aliphatic heterocycles. The lowest BCUT2D eigenvalue weighted by molar-refractivity contribution is 0.0410. The second kappa shape index (κ2) is 29.7. The summed E-state index contributed by atoms with van der Waals surface area (Å²) in [6, 6.07) is 6.18. The van der Waals surface area contributed by atoms with Crippen molar-refractivity contribution >= 4 is 11.5 Å². The van der Waals surface area contributed by atoms with Gasteiger partial charge in [-0.25, -0.2) is 5.43 Å². The summed E-state index contributed by atoms with van der Waals surface area (Å²) in [5.74, 6) is 2.95. The van der Waals surface area contributed by atoms with Gasteiger partial charge in [0, 0.05) is 71.1 Å². The Kier molecular flexibility index (Phi) is 25.9. The summed E-state index contributed by atoms with van der Waals surface area (Å²) < 4.78 is 15.7. The minimum Gasteiger partial charge on any atom is -0.490 e. The van der Waals surface area contributed by atoms with E-state index < -0.39 is 0 Å². The third kappa shape index (κ3) is 24.5. The van der Waals surface area contributed by atoms with Gasteiger partial charge in [-0.05, 0) is 110 Å². The summed E-state index contributed by atoms with van der Waals surface area (Å²) in [6.45, 7) is 28.1. The number of nitrogens with zero attached hydrogens (tertiary/aromatic N) is 3. The highest BCUT2D eigenvalue weighted by Gasteiger charge is 2.08. The first-order chi connectivity index (χ1) is 25.2. The highest BCUT2D eigenvalue weighted by Crippen LogP contribution is 2.27. The Balaban J connectivity index is 0.000000212. The molecule has 7 N–H and O–H groups in total. The van der Waals surface area contributed by atoms with Gasteiger partial charge >= 0.3 is 0 Å². The van der Waals surface area contributed by atoms with Crippen LogP contribution in [0.4, 0.5) is 5.69 Å². The minimum absolute atomic E-state index is 0.425. The fraction of sp³-hybridized carbons (Fsp3) is 0.718. The Hall–Kier alpha value is -2.75. The number of aliphatic imine (C=N–C) groups is 1. The van der Waals surface area contributed by atoms with E-state index in [0.717, 1.165) is 109 Å². The first kappa shape index (κ1) is 45.4. The number of piperidine rings is 1.